The van der Waals surface area contributed by atoms with Crippen LogP contribution in [-0.2, 0) is 0 Å². The maximum absolute atomic E-state index is 9.69. The first-order valence-electron chi connectivity index (χ1n) is 8.06. The monoisotopic (exact) mass is 264 g/mol. The lowest BCUT2D eigenvalue weighted by Gasteiger charge is -2.23. The fourth-order valence-corrected chi connectivity index (χ4v) is 3.40. The molecular weight excluding hydrogens is 236 g/mol. The van der Waals surface area contributed by atoms with Gasteiger partial charge in [0.05, 0.1) is 0 Å². The van der Waals surface area contributed by atoms with Gasteiger partial charge in [-0.3, -0.25) is 0 Å². The molecular formula is C17H28O2. The Labute approximate surface area is 117 Å². The molecule has 2 heteroatoms. The number of aliphatic hydroxyl groups is 2. The molecule has 0 aromatic heterocycles. The summed E-state index contributed by atoms with van der Waals surface area (Å²) in [5.74, 6) is 0. The van der Waals surface area contributed by atoms with E-state index in [1.165, 1.54) is 56.1 Å². The van der Waals surface area contributed by atoms with E-state index in [-0.39, 0.29) is 0 Å². The van der Waals surface area contributed by atoms with Crippen LogP contribution >= 0.6 is 0 Å². The molecule has 2 rings (SSSR count). The molecule has 0 aliphatic heterocycles. The summed E-state index contributed by atoms with van der Waals surface area (Å²) in [6.45, 7) is 0. The molecule has 2 aliphatic carbocycles. The molecule has 19 heavy (non-hydrogen) atoms. The van der Waals surface area contributed by atoms with Crippen LogP contribution in [0.15, 0.2) is 22.8 Å². The molecule has 0 saturated heterocycles. The first-order valence-corrected chi connectivity index (χ1v) is 8.06. The van der Waals surface area contributed by atoms with Crippen molar-refractivity contribution < 1.29 is 10.2 Å². The zero-order valence-electron chi connectivity index (χ0n) is 12.0. The fraction of sp³-hybridized carbons (Fsp3) is 0.765. The van der Waals surface area contributed by atoms with E-state index >= 15 is 0 Å². The number of aliphatic hydroxyl groups excluding tert-OH is 1. The molecule has 0 fully saturated rings. The quantitative estimate of drug-likeness (QED) is 0.733. The van der Waals surface area contributed by atoms with Crippen LogP contribution in [0.1, 0.15) is 77.0 Å². The lowest BCUT2D eigenvalue weighted by Crippen LogP contribution is -2.14. The zero-order valence-corrected chi connectivity index (χ0v) is 12.0. The van der Waals surface area contributed by atoms with Crippen LogP contribution < -0.4 is 0 Å². The highest BCUT2D eigenvalue weighted by Crippen LogP contribution is 2.33. The Bertz CT molecular complexity index is 339. The van der Waals surface area contributed by atoms with E-state index in [2.05, 4.69) is 6.08 Å². The molecule has 108 valence electrons. The van der Waals surface area contributed by atoms with Crippen LogP contribution in [0.3, 0.4) is 0 Å². The molecule has 0 atom stereocenters. The molecule has 2 nitrogen and oxygen atoms in total. The van der Waals surface area contributed by atoms with E-state index in [4.69, 9.17) is 0 Å². The maximum Gasteiger partial charge on any atom is 0.174 e. The van der Waals surface area contributed by atoms with Crippen LogP contribution in [0.25, 0.3) is 0 Å². The summed E-state index contributed by atoms with van der Waals surface area (Å²) in [4.78, 5) is 0. The van der Waals surface area contributed by atoms with Crippen LogP contribution in [0, 0.1) is 0 Å². The van der Waals surface area contributed by atoms with Gasteiger partial charge in [0.15, 0.2) is 6.29 Å². The predicted molar refractivity (Wildman–Crippen MR) is 78.7 cm³/mol. The smallest absolute Gasteiger partial charge is 0.174 e. The lowest BCUT2D eigenvalue weighted by atomic mass is 9.85. The average Bonchev–Trinajstić information content (AvgIpc) is 2.29. The number of hydrogen-bond donors (Lipinski definition) is 2. The first kappa shape index (κ1) is 14.8. The molecule has 0 spiro atoms. The van der Waals surface area contributed by atoms with Crippen molar-refractivity contribution in [1.29, 1.82) is 0 Å². The highest BCUT2D eigenvalue weighted by molar-refractivity contribution is 5.37. The van der Waals surface area contributed by atoms with Gasteiger partial charge in [-0.15, -0.1) is 0 Å². The van der Waals surface area contributed by atoms with E-state index in [9.17, 15) is 10.2 Å². The van der Waals surface area contributed by atoms with E-state index in [0.717, 1.165) is 37.7 Å². The molecule has 0 amide bonds. The highest BCUT2D eigenvalue weighted by Gasteiger charge is 2.18. The Morgan fingerprint density at radius 2 is 1.37 bits per heavy atom. The third kappa shape index (κ3) is 4.47. The van der Waals surface area contributed by atoms with Gasteiger partial charge in [-0.05, 0) is 68.1 Å². The van der Waals surface area contributed by atoms with Crippen molar-refractivity contribution in [2.45, 2.75) is 83.3 Å². The maximum atomic E-state index is 9.69. The summed E-state index contributed by atoms with van der Waals surface area (Å²) in [6.07, 6.45) is 15.3. The Balaban J connectivity index is 2.24. The van der Waals surface area contributed by atoms with Crippen molar-refractivity contribution in [2.75, 3.05) is 0 Å². The molecule has 0 aromatic rings. The lowest BCUT2D eigenvalue weighted by molar-refractivity contribution is -0.0115. The third-order valence-electron chi connectivity index (χ3n) is 4.50. The van der Waals surface area contributed by atoms with Crippen LogP contribution in [0.4, 0.5) is 0 Å². The second-order valence-corrected chi connectivity index (χ2v) is 5.97. The summed E-state index contributed by atoms with van der Waals surface area (Å²) < 4.78 is 0. The van der Waals surface area contributed by atoms with Crippen molar-refractivity contribution >= 4 is 0 Å². The summed E-state index contributed by atoms with van der Waals surface area (Å²) >= 11 is 0. The van der Waals surface area contributed by atoms with Gasteiger partial charge in [0.2, 0.25) is 0 Å². The Morgan fingerprint density at radius 1 is 0.737 bits per heavy atom. The molecule has 0 bridgehead atoms. The van der Waals surface area contributed by atoms with Gasteiger partial charge in [0.1, 0.15) is 0 Å². The molecule has 2 N–H and O–H groups in total. The van der Waals surface area contributed by atoms with Gasteiger partial charge in [0, 0.05) is 0 Å². The summed E-state index contributed by atoms with van der Waals surface area (Å²) in [5.41, 5.74) is 3.62. The minimum absolute atomic E-state index is 0.865. The highest BCUT2D eigenvalue weighted by atomic mass is 16.5. The first-order chi connectivity index (χ1) is 9.29. The molecule has 2 aliphatic rings. The Kier molecular flexibility index (Phi) is 6.12. The number of hydrogen-bond acceptors (Lipinski definition) is 2. The van der Waals surface area contributed by atoms with Gasteiger partial charge in [-0.25, -0.2) is 0 Å². The zero-order chi connectivity index (χ0) is 13.5. The topological polar surface area (TPSA) is 40.5 Å². The molecule has 0 radical (unpaired) electrons. The largest absolute Gasteiger partial charge is 0.365 e. The fourth-order valence-electron chi connectivity index (χ4n) is 3.40. The Hall–Kier alpha value is -0.600. The van der Waals surface area contributed by atoms with Gasteiger partial charge >= 0.3 is 0 Å². The minimum Gasteiger partial charge on any atom is -0.365 e. The van der Waals surface area contributed by atoms with Crippen LogP contribution in [-0.4, -0.2) is 16.5 Å². The number of allylic oxidation sites excluding steroid dienone is 3. The predicted octanol–water partition coefficient (Wildman–Crippen LogP) is 4.23. The standard InChI is InChI=1S/C17H28O2/c18-17(19)16-13-9-5-4-8-12-15(16)14-10-6-2-1-3-7-11-14/h10,17-19H,1-9,11-13H2. The summed E-state index contributed by atoms with van der Waals surface area (Å²) in [7, 11) is 0. The van der Waals surface area contributed by atoms with E-state index in [1.807, 2.05) is 0 Å². The average molecular weight is 264 g/mol. The molecule has 0 saturated carbocycles. The molecule has 0 unspecified atom stereocenters. The second-order valence-electron chi connectivity index (χ2n) is 5.97. The van der Waals surface area contributed by atoms with Gasteiger partial charge in [0.25, 0.3) is 0 Å². The SMILES string of the molecule is OC(O)C1=C(C2=CCCCCCC2)CCCCCC1. The Morgan fingerprint density at radius 3 is 2.11 bits per heavy atom. The number of rotatable bonds is 2. The third-order valence-corrected chi connectivity index (χ3v) is 4.50. The minimum atomic E-state index is -1.25. The summed E-state index contributed by atoms with van der Waals surface area (Å²) in [5, 5.41) is 19.4. The van der Waals surface area contributed by atoms with E-state index < -0.39 is 6.29 Å². The van der Waals surface area contributed by atoms with Crippen LogP contribution in [0.5, 0.6) is 0 Å². The van der Waals surface area contributed by atoms with Crippen molar-refractivity contribution in [1.82, 2.24) is 0 Å². The van der Waals surface area contributed by atoms with Gasteiger partial charge in [-0.1, -0.05) is 31.8 Å². The van der Waals surface area contributed by atoms with E-state index in [1.54, 1.807) is 0 Å². The van der Waals surface area contributed by atoms with Crippen molar-refractivity contribution in [3.63, 3.8) is 0 Å². The van der Waals surface area contributed by atoms with Gasteiger partial charge in [-0.2, -0.15) is 0 Å². The molecule has 0 aromatic carbocycles. The normalized spacial score (nSPS) is 23.4. The summed E-state index contributed by atoms with van der Waals surface area (Å²) in [6, 6.07) is 0. The molecule has 0 heterocycles. The van der Waals surface area contributed by atoms with E-state index in [0.29, 0.717) is 0 Å². The van der Waals surface area contributed by atoms with Crippen molar-refractivity contribution in [2.24, 2.45) is 0 Å². The van der Waals surface area contributed by atoms with Gasteiger partial charge < -0.3 is 10.2 Å². The van der Waals surface area contributed by atoms with Crippen molar-refractivity contribution in [3.05, 3.63) is 22.8 Å². The van der Waals surface area contributed by atoms with Crippen molar-refractivity contribution in [3.8, 4) is 0 Å². The van der Waals surface area contributed by atoms with Crippen LogP contribution in [0.2, 0.25) is 0 Å². The second kappa shape index (κ2) is 7.86.